The van der Waals surface area contributed by atoms with Gasteiger partial charge in [0.05, 0.1) is 12.9 Å². The van der Waals surface area contributed by atoms with Crippen molar-refractivity contribution >= 4 is 33.7 Å². The largest absolute Gasteiger partial charge is 0.504 e. The summed E-state index contributed by atoms with van der Waals surface area (Å²) in [7, 11) is -1.84. The molecule has 2 bridgehead atoms. The van der Waals surface area contributed by atoms with E-state index >= 15 is 0 Å². The molecule has 0 spiro atoms. The molecule has 0 radical (unpaired) electrons. The zero-order valence-corrected chi connectivity index (χ0v) is 26.7. The van der Waals surface area contributed by atoms with Crippen molar-refractivity contribution in [3.05, 3.63) is 29.8 Å². The Hall–Kier alpha value is -3.08. The number of rotatable bonds is 12. The highest BCUT2D eigenvalue weighted by atomic mass is 32.2. The Morgan fingerprint density at radius 2 is 1.95 bits per heavy atom. The lowest BCUT2D eigenvalue weighted by Crippen LogP contribution is -2.52. The summed E-state index contributed by atoms with van der Waals surface area (Å²) in [6, 6.07) is 2.87. The summed E-state index contributed by atoms with van der Waals surface area (Å²) in [4.78, 5) is 41.8. The Labute approximate surface area is 255 Å². The number of esters is 1. The molecule has 2 aliphatic carbocycles. The molecule has 2 N–H and O–H groups in total. The number of benzene rings is 1. The van der Waals surface area contributed by atoms with Gasteiger partial charge in [-0.1, -0.05) is 33.8 Å². The van der Waals surface area contributed by atoms with Crippen molar-refractivity contribution in [2.45, 2.75) is 90.8 Å². The number of amides is 2. The van der Waals surface area contributed by atoms with Crippen molar-refractivity contribution < 1.29 is 37.4 Å². The minimum Gasteiger partial charge on any atom is -0.504 e. The van der Waals surface area contributed by atoms with Crippen molar-refractivity contribution in [1.29, 1.82) is 0 Å². The summed E-state index contributed by atoms with van der Waals surface area (Å²) < 4.78 is 35.5. The van der Waals surface area contributed by atoms with Gasteiger partial charge < -0.3 is 24.8 Å². The van der Waals surface area contributed by atoms with Crippen molar-refractivity contribution in [2.75, 3.05) is 25.2 Å². The highest BCUT2D eigenvalue weighted by molar-refractivity contribution is 7.91. The molecule has 3 fully saturated rings. The predicted octanol–water partition coefficient (Wildman–Crippen LogP) is 3.86. The first-order valence-electron chi connectivity index (χ1n) is 15.3. The summed E-state index contributed by atoms with van der Waals surface area (Å²) in [6.45, 7) is 8.64. The molecule has 4 rings (SSSR count). The zero-order valence-electron chi connectivity index (χ0n) is 25.9. The minimum atomic E-state index is -3.26. The normalized spacial score (nSPS) is 26.9. The first kappa shape index (κ1) is 32.8. The van der Waals surface area contributed by atoms with Crippen molar-refractivity contribution in [2.24, 2.45) is 16.7 Å². The second kappa shape index (κ2) is 12.9. The van der Waals surface area contributed by atoms with E-state index in [1.807, 2.05) is 0 Å². The molecule has 1 aliphatic heterocycles. The Balaban J connectivity index is 1.46. The van der Waals surface area contributed by atoms with Crippen LogP contribution in [-0.2, 0) is 29.0 Å². The highest BCUT2D eigenvalue weighted by Gasteiger charge is 2.63. The van der Waals surface area contributed by atoms with Crippen molar-refractivity contribution in [1.82, 2.24) is 10.2 Å². The van der Waals surface area contributed by atoms with Gasteiger partial charge in [0.15, 0.2) is 11.5 Å². The third kappa shape index (κ3) is 6.86. The predicted molar refractivity (Wildman–Crippen MR) is 163 cm³/mol. The minimum absolute atomic E-state index is 0.00537. The topological polar surface area (TPSA) is 139 Å². The van der Waals surface area contributed by atoms with Crippen LogP contribution < -0.4 is 10.1 Å². The molecule has 43 heavy (non-hydrogen) atoms. The van der Waals surface area contributed by atoms with E-state index in [2.05, 4.69) is 26.1 Å². The fraction of sp³-hybridized carbons (Fsp3) is 0.656. The van der Waals surface area contributed by atoms with Crippen LogP contribution in [0, 0.1) is 16.7 Å². The van der Waals surface area contributed by atoms with E-state index in [0.717, 1.165) is 19.3 Å². The average Bonchev–Trinajstić information content (AvgIpc) is 3.59. The SMILES string of the molecule is CCS(=O)(=O)CCCC(NC(=O)/C=C/c1ccc(O)c(OC)c1)C(=O)N1CCCC1C(=O)OC1CC2CCC1(C)C2(C)C. The molecule has 2 amide bonds. The van der Waals surface area contributed by atoms with E-state index in [-0.39, 0.29) is 52.8 Å². The van der Waals surface area contributed by atoms with E-state index in [0.29, 0.717) is 30.9 Å². The third-order valence-electron chi connectivity index (χ3n) is 10.4. The van der Waals surface area contributed by atoms with Gasteiger partial charge >= 0.3 is 5.97 Å². The quantitative estimate of drug-likeness (QED) is 0.266. The van der Waals surface area contributed by atoms with Gasteiger partial charge in [-0.3, -0.25) is 9.59 Å². The molecule has 238 valence electrons. The van der Waals surface area contributed by atoms with Crippen LogP contribution in [0.25, 0.3) is 6.08 Å². The lowest BCUT2D eigenvalue weighted by atomic mass is 9.70. The van der Waals surface area contributed by atoms with Crippen LogP contribution in [-0.4, -0.2) is 79.6 Å². The fourth-order valence-corrected chi connectivity index (χ4v) is 8.00. The average molecular weight is 619 g/mol. The van der Waals surface area contributed by atoms with Gasteiger partial charge in [0.25, 0.3) is 0 Å². The number of ether oxygens (including phenoxy) is 2. The lowest BCUT2D eigenvalue weighted by molar-refractivity contribution is -0.165. The highest BCUT2D eigenvalue weighted by Crippen LogP contribution is 2.66. The Morgan fingerprint density at radius 1 is 1.21 bits per heavy atom. The van der Waals surface area contributed by atoms with E-state index in [9.17, 15) is 27.9 Å². The Morgan fingerprint density at radius 3 is 2.58 bits per heavy atom. The maximum Gasteiger partial charge on any atom is 0.329 e. The number of phenols is 1. The van der Waals surface area contributed by atoms with E-state index in [1.165, 1.54) is 30.2 Å². The number of methoxy groups -OCH3 is 1. The summed E-state index contributed by atoms with van der Waals surface area (Å²) in [5.74, 6) is -0.744. The second-order valence-corrected chi connectivity index (χ2v) is 15.4. The summed E-state index contributed by atoms with van der Waals surface area (Å²) in [6.07, 6.45) is 6.99. The molecule has 1 aromatic rings. The molecule has 0 aromatic heterocycles. The molecular formula is C32H46N2O8S. The summed E-state index contributed by atoms with van der Waals surface area (Å²) in [5.41, 5.74) is 0.577. The molecule has 1 heterocycles. The number of phenolic OH excluding ortho intramolecular Hbond substituents is 1. The number of likely N-dealkylation sites (tertiary alicyclic amines) is 1. The summed E-state index contributed by atoms with van der Waals surface area (Å²) in [5, 5.41) is 12.5. The van der Waals surface area contributed by atoms with Gasteiger partial charge in [-0.05, 0) is 80.1 Å². The Bertz CT molecular complexity index is 1360. The van der Waals surface area contributed by atoms with E-state index in [4.69, 9.17) is 9.47 Å². The van der Waals surface area contributed by atoms with Crippen LogP contribution in [0.5, 0.6) is 11.5 Å². The van der Waals surface area contributed by atoms with Crippen LogP contribution in [0.2, 0.25) is 0 Å². The number of aromatic hydroxyl groups is 1. The Kier molecular flexibility index (Phi) is 9.83. The maximum atomic E-state index is 13.8. The van der Waals surface area contributed by atoms with E-state index in [1.54, 1.807) is 19.1 Å². The smallest absolute Gasteiger partial charge is 0.329 e. The number of hydrogen-bond acceptors (Lipinski definition) is 8. The van der Waals surface area contributed by atoms with Crippen LogP contribution >= 0.6 is 0 Å². The molecule has 2 saturated carbocycles. The van der Waals surface area contributed by atoms with Crippen molar-refractivity contribution in [3.8, 4) is 11.5 Å². The van der Waals surface area contributed by atoms with Gasteiger partial charge in [-0.25, -0.2) is 13.2 Å². The number of nitrogens with one attached hydrogen (secondary N) is 1. The summed E-state index contributed by atoms with van der Waals surface area (Å²) >= 11 is 0. The van der Waals surface area contributed by atoms with Crippen LogP contribution in [0.15, 0.2) is 24.3 Å². The van der Waals surface area contributed by atoms with Gasteiger partial charge in [0.1, 0.15) is 28.0 Å². The first-order chi connectivity index (χ1) is 20.2. The first-order valence-corrected chi connectivity index (χ1v) is 17.1. The van der Waals surface area contributed by atoms with E-state index < -0.39 is 39.7 Å². The van der Waals surface area contributed by atoms with Crippen LogP contribution in [0.4, 0.5) is 0 Å². The molecule has 1 saturated heterocycles. The van der Waals surface area contributed by atoms with Gasteiger partial charge in [-0.15, -0.1) is 0 Å². The molecule has 3 aliphatic rings. The second-order valence-electron chi connectivity index (χ2n) is 12.9. The lowest BCUT2D eigenvalue weighted by Gasteiger charge is -2.39. The van der Waals surface area contributed by atoms with Crippen LogP contribution in [0.1, 0.15) is 78.2 Å². The number of fused-ring (bicyclic) bond motifs is 2. The molecule has 5 atom stereocenters. The number of carbonyl (C=O) groups excluding carboxylic acids is 3. The maximum absolute atomic E-state index is 13.8. The molecular weight excluding hydrogens is 572 g/mol. The standard InChI is InChI=1S/C32H46N2O8S/c1-6-43(39,40)18-8-9-23(33-28(36)14-12-21-11-13-25(35)26(19-21)41-5)29(37)34-17-7-10-24(34)30(38)42-27-20-22-15-16-32(27,4)31(22,2)3/h11-14,19,22-24,27,35H,6-10,15-18,20H2,1-5H3,(H,33,36)/b14-12+. The molecule has 1 aromatic carbocycles. The number of carbonyl (C=O) groups is 3. The van der Waals surface area contributed by atoms with Gasteiger partial charge in [0, 0.05) is 23.8 Å². The monoisotopic (exact) mass is 618 g/mol. The van der Waals surface area contributed by atoms with Crippen molar-refractivity contribution in [3.63, 3.8) is 0 Å². The molecule has 5 unspecified atom stereocenters. The number of nitrogens with zero attached hydrogens (tertiary/aromatic N) is 1. The zero-order chi connectivity index (χ0) is 31.6. The number of sulfone groups is 1. The fourth-order valence-electron chi connectivity index (χ4n) is 7.10. The molecule has 11 heteroatoms. The molecule has 10 nitrogen and oxygen atoms in total. The van der Waals surface area contributed by atoms with Crippen LogP contribution in [0.3, 0.4) is 0 Å². The van der Waals surface area contributed by atoms with Gasteiger partial charge in [0.2, 0.25) is 11.8 Å². The number of hydrogen-bond donors (Lipinski definition) is 2. The van der Waals surface area contributed by atoms with Gasteiger partial charge in [-0.2, -0.15) is 0 Å². The third-order valence-corrected chi connectivity index (χ3v) is 12.2.